The van der Waals surface area contributed by atoms with Crippen molar-refractivity contribution in [1.82, 2.24) is 29.5 Å². The molecule has 3 heterocycles. The normalized spacial score (nSPS) is 11.0. The number of aryl methyl sites for hydroxylation is 2. The van der Waals surface area contributed by atoms with E-state index in [2.05, 4.69) is 25.7 Å². The Bertz CT molecular complexity index is 1170. The van der Waals surface area contributed by atoms with Crippen molar-refractivity contribution in [2.75, 3.05) is 11.1 Å². The standard InChI is InChI=1S/C19H18FN7OS2/c1-12-22-24-18(30-12)21-17(28)11-29-19-25-23-16(10-15-4-3-9-26(15)2)27(19)14-7-5-13(20)6-8-14/h3-9H,10-11H2,1-2H3,(H,21,24,28). The number of carbonyl (C=O) groups excluding carboxylic acids is 1. The van der Waals surface area contributed by atoms with E-state index in [1.54, 1.807) is 12.1 Å². The highest BCUT2D eigenvalue weighted by molar-refractivity contribution is 7.99. The molecule has 0 aliphatic rings. The molecule has 4 rings (SSSR count). The molecule has 3 aromatic heterocycles. The van der Waals surface area contributed by atoms with Gasteiger partial charge in [-0.05, 0) is 43.3 Å². The van der Waals surface area contributed by atoms with Crippen LogP contribution in [-0.2, 0) is 18.3 Å². The van der Waals surface area contributed by atoms with Gasteiger partial charge in [0.05, 0.1) is 5.75 Å². The number of amides is 1. The van der Waals surface area contributed by atoms with E-state index in [4.69, 9.17) is 0 Å². The highest BCUT2D eigenvalue weighted by Gasteiger charge is 2.17. The van der Waals surface area contributed by atoms with Crippen molar-refractivity contribution in [2.45, 2.75) is 18.5 Å². The molecular formula is C19H18FN7OS2. The summed E-state index contributed by atoms with van der Waals surface area (Å²) in [5, 5.41) is 20.9. The van der Waals surface area contributed by atoms with Gasteiger partial charge >= 0.3 is 0 Å². The quantitative estimate of drug-likeness (QED) is 0.441. The molecule has 154 valence electrons. The van der Waals surface area contributed by atoms with Crippen LogP contribution >= 0.6 is 23.1 Å². The van der Waals surface area contributed by atoms with E-state index >= 15 is 0 Å². The van der Waals surface area contributed by atoms with E-state index in [1.165, 1.54) is 35.2 Å². The Balaban J connectivity index is 1.56. The van der Waals surface area contributed by atoms with E-state index in [-0.39, 0.29) is 17.5 Å². The van der Waals surface area contributed by atoms with Crippen molar-refractivity contribution in [1.29, 1.82) is 0 Å². The van der Waals surface area contributed by atoms with Gasteiger partial charge in [-0.2, -0.15) is 0 Å². The fourth-order valence-corrected chi connectivity index (χ4v) is 4.21. The van der Waals surface area contributed by atoms with Crippen LogP contribution in [0, 0.1) is 12.7 Å². The molecule has 0 atom stereocenters. The molecule has 8 nitrogen and oxygen atoms in total. The average molecular weight is 444 g/mol. The Kier molecular flexibility index (Phi) is 5.91. The minimum absolute atomic E-state index is 0.127. The number of nitrogens with one attached hydrogen (secondary N) is 1. The molecule has 1 aromatic carbocycles. The summed E-state index contributed by atoms with van der Waals surface area (Å²) in [5.41, 5.74) is 1.79. The van der Waals surface area contributed by atoms with Crippen molar-refractivity contribution in [3.05, 3.63) is 64.9 Å². The van der Waals surface area contributed by atoms with Crippen LogP contribution < -0.4 is 5.32 Å². The number of benzene rings is 1. The molecule has 11 heteroatoms. The van der Waals surface area contributed by atoms with Crippen molar-refractivity contribution in [3.8, 4) is 5.69 Å². The molecule has 4 aromatic rings. The fraction of sp³-hybridized carbons (Fsp3) is 0.211. The van der Waals surface area contributed by atoms with Gasteiger partial charge in [0.2, 0.25) is 11.0 Å². The van der Waals surface area contributed by atoms with Gasteiger partial charge < -0.3 is 4.57 Å². The van der Waals surface area contributed by atoms with Crippen molar-refractivity contribution < 1.29 is 9.18 Å². The van der Waals surface area contributed by atoms with Crippen LogP contribution in [0.3, 0.4) is 0 Å². The molecule has 30 heavy (non-hydrogen) atoms. The highest BCUT2D eigenvalue weighted by Crippen LogP contribution is 2.24. The highest BCUT2D eigenvalue weighted by atomic mass is 32.2. The summed E-state index contributed by atoms with van der Waals surface area (Å²) in [4.78, 5) is 12.3. The molecule has 0 unspecified atom stereocenters. The first kappa shape index (κ1) is 20.2. The van der Waals surface area contributed by atoms with Crippen LogP contribution in [0.5, 0.6) is 0 Å². The van der Waals surface area contributed by atoms with E-state index in [9.17, 15) is 9.18 Å². The molecule has 0 fully saturated rings. The van der Waals surface area contributed by atoms with Crippen molar-refractivity contribution >= 4 is 34.1 Å². The predicted molar refractivity (Wildman–Crippen MR) is 114 cm³/mol. The first-order chi connectivity index (χ1) is 14.5. The smallest absolute Gasteiger partial charge is 0.236 e. The molecule has 1 N–H and O–H groups in total. The molecule has 0 aliphatic heterocycles. The summed E-state index contributed by atoms with van der Waals surface area (Å²) >= 11 is 2.56. The average Bonchev–Trinajstić information content (AvgIpc) is 3.43. The van der Waals surface area contributed by atoms with Crippen LogP contribution in [-0.4, -0.2) is 41.2 Å². The minimum atomic E-state index is -0.322. The van der Waals surface area contributed by atoms with Gasteiger partial charge in [0.25, 0.3) is 0 Å². The molecule has 0 radical (unpaired) electrons. The minimum Gasteiger partial charge on any atom is -0.354 e. The summed E-state index contributed by atoms with van der Waals surface area (Å²) in [6, 6.07) is 10.1. The monoisotopic (exact) mass is 443 g/mol. The number of thioether (sulfide) groups is 1. The number of halogens is 1. The summed E-state index contributed by atoms with van der Waals surface area (Å²) < 4.78 is 17.3. The SMILES string of the molecule is Cc1nnc(NC(=O)CSc2nnc(Cc3cccn3C)n2-c2ccc(F)cc2)s1. The van der Waals surface area contributed by atoms with Gasteiger partial charge in [0.15, 0.2) is 5.16 Å². The lowest BCUT2D eigenvalue weighted by Crippen LogP contribution is -2.14. The Morgan fingerprint density at radius 3 is 2.63 bits per heavy atom. The van der Waals surface area contributed by atoms with Gasteiger partial charge in [0.1, 0.15) is 16.6 Å². The zero-order valence-corrected chi connectivity index (χ0v) is 17.9. The zero-order valence-electron chi connectivity index (χ0n) is 16.2. The number of anilines is 1. The Morgan fingerprint density at radius 2 is 1.97 bits per heavy atom. The number of hydrogen-bond donors (Lipinski definition) is 1. The number of nitrogens with zero attached hydrogens (tertiary/aromatic N) is 6. The predicted octanol–water partition coefficient (Wildman–Crippen LogP) is 3.23. The molecule has 0 saturated carbocycles. The number of rotatable bonds is 7. The summed E-state index contributed by atoms with van der Waals surface area (Å²) in [5.74, 6) is 0.291. The third kappa shape index (κ3) is 4.57. The van der Waals surface area contributed by atoms with Crippen molar-refractivity contribution in [2.24, 2.45) is 7.05 Å². The lowest BCUT2D eigenvalue weighted by molar-refractivity contribution is -0.113. The zero-order chi connectivity index (χ0) is 21.1. The first-order valence-electron chi connectivity index (χ1n) is 9.03. The van der Waals surface area contributed by atoms with E-state index in [0.717, 1.165) is 16.4 Å². The molecule has 0 saturated heterocycles. The molecule has 0 spiro atoms. The van der Waals surface area contributed by atoms with Gasteiger partial charge in [-0.15, -0.1) is 20.4 Å². The van der Waals surface area contributed by atoms with Crippen molar-refractivity contribution in [3.63, 3.8) is 0 Å². The molecule has 0 bridgehead atoms. The Hall–Kier alpha value is -3.05. The van der Waals surface area contributed by atoms with Crippen LogP contribution in [0.1, 0.15) is 16.5 Å². The van der Waals surface area contributed by atoms with Gasteiger partial charge in [-0.1, -0.05) is 23.1 Å². The second-order valence-corrected chi connectivity index (χ2v) is 8.59. The van der Waals surface area contributed by atoms with E-state index in [0.29, 0.717) is 22.5 Å². The summed E-state index contributed by atoms with van der Waals surface area (Å²) in [6.45, 7) is 1.82. The van der Waals surface area contributed by atoms with Crippen LogP contribution in [0.2, 0.25) is 0 Å². The number of carbonyl (C=O) groups is 1. The van der Waals surface area contributed by atoms with Crippen LogP contribution in [0.4, 0.5) is 9.52 Å². The van der Waals surface area contributed by atoms with Crippen LogP contribution in [0.15, 0.2) is 47.8 Å². The maximum Gasteiger partial charge on any atom is 0.236 e. The Labute approximate surface area is 180 Å². The maximum atomic E-state index is 13.4. The van der Waals surface area contributed by atoms with E-state index < -0.39 is 0 Å². The molecular weight excluding hydrogens is 425 g/mol. The lowest BCUT2D eigenvalue weighted by Gasteiger charge is -2.11. The largest absolute Gasteiger partial charge is 0.354 e. The second kappa shape index (κ2) is 8.76. The Morgan fingerprint density at radius 1 is 1.17 bits per heavy atom. The molecule has 0 aliphatic carbocycles. The summed E-state index contributed by atoms with van der Waals surface area (Å²) in [6.07, 6.45) is 2.51. The lowest BCUT2D eigenvalue weighted by atomic mass is 10.2. The maximum absolute atomic E-state index is 13.4. The van der Waals surface area contributed by atoms with Gasteiger partial charge in [-0.3, -0.25) is 14.7 Å². The number of hydrogen-bond acceptors (Lipinski definition) is 7. The first-order valence-corrected chi connectivity index (χ1v) is 10.8. The third-order valence-electron chi connectivity index (χ3n) is 4.28. The van der Waals surface area contributed by atoms with Gasteiger partial charge in [0, 0.05) is 31.0 Å². The topological polar surface area (TPSA) is 90.5 Å². The number of aromatic nitrogens is 6. The summed E-state index contributed by atoms with van der Waals surface area (Å²) in [7, 11) is 1.96. The third-order valence-corrected chi connectivity index (χ3v) is 5.96. The molecule has 1 amide bonds. The van der Waals surface area contributed by atoms with E-state index in [1.807, 2.05) is 41.4 Å². The second-order valence-electron chi connectivity index (χ2n) is 6.46. The van der Waals surface area contributed by atoms with Crippen LogP contribution in [0.25, 0.3) is 5.69 Å². The fourth-order valence-electron chi connectivity index (χ4n) is 2.83. The van der Waals surface area contributed by atoms with Gasteiger partial charge in [-0.25, -0.2) is 4.39 Å².